The largest absolute Gasteiger partial charge is 0.300 e. The van der Waals surface area contributed by atoms with Crippen molar-refractivity contribution in [1.29, 1.82) is 0 Å². The van der Waals surface area contributed by atoms with Gasteiger partial charge >= 0.3 is 0 Å². The molecule has 0 unspecified atom stereocenters. The fourth-order valence-electron chi connectivity index (χ4n) is 0.575. The molecule has 0 aromatic carbocycles. The molecule has 64 valence electrons. The van der Waals surface area contributed by atoms with E-state index in [9.17, 15) is 0 Å². The summed E-state index contributed by atoms with van der Waals surface area (Å²) in [6.07, 6.45) is 1.69. The summed E-state index contributed by atoms with van der Waals surface area (Å²) in [5.74, 6) is 0. The summed E-state index contributed by atoms with van der Waals surface area (Å²) in [7, 11) is 1.66. The van der Waals surface area contributed by atoms with Gasteiger partial charge in [-0.3, -0.25) is 4.94 Å². The number of nitrogens with one attached hydrogen (secondary N) is 1. The normalized spacial score (nSPS) is 12.9. The average Bonchev–Trinajstić information content (AvgIpc) is 1.87. The maximum absolute atomic E-state index is 4.68. The van der Waals surface area contributed by atoms with Gasteiger partial charge in [0.25, 0.3) is 0 Å². The van der Waals surface area contributed by atoms with Crippen LogP contribution in [0.15, 0.2) is 17.8 Å². The van der Waals surface area contributed by atoms with Gasteiger partial charge < -0.3 is 0 Å². The van der Waals surface area contributed by atoms with E-state index in [4.69, 9.17) is 0 Å². The van der Waals surface area contributed by atoms with E-state index in [-0.39, 0.29) is 5.41 Å². The second kappa shape index (κ2) is 4.13. The lowest BCUT2D eigenvalue weighted by Gasteiger charge is -2.16. The molecule has 0 aromatic heterocycles. The van der Waals surface area contributed by atoms with Crippen LogP contribution in [-0.2, 0) is 4.94 Å². The lowest BCUT2D eigenvalue weighted by Crippen LogP contribution is -2.19. The molecular weight excluding hydrogens is 140 g/mol. The minimum absolute atomic E-state index is 0.0153. The molecule has 0 aliphatic rings. The monoisotopic (exact) mass is 156 g/mol. The SMILES string of the molecule is C=C/C(=N\ONC)C(C)(C)C. The Bertz CT molecular complexity index is 156. The van der Waals surface area contributed by atoms with E-state index >= 15 is 0 Å². The van der Waals surface area contributed by atoms with Crippen molar-refractivity contribution in [3.05, 3.63) is 12.7 Å². The molecule has 0 bridgehead atoms. The molecule has 11 heavy (non-hydrogen) atoms. The summed E-state index contributed by atoms with van der Waals surface area (Å²) in [5, 5.41) is 3.82. The Morgan fingerprint density at radius 2 is 2.09 bits per heavy atom. The van der Waals surface area contributed by atoms with E-state index in [1.165, 1.54) is 0 Å². The average molecular weight is 156 g/mol. The van der Waals surface area contributed by atoms with Crippen LogP contribution in [0.4, 0.5) is 0 Å². The van der Waals surface area contributed by atoms with E-state index in [2.05, 4.69) is 22.2 Å². The van der Waals surface area contributed by atoms with Crippen LogP contribution in [0.1, 0.15) is 20.8 Å². The zero-order valence-electron chi connectivity index (χ0n) is 7.64. The number of nitrogens with zero attached hydrogens (tertiary/aromatic N) is 1. The maximum atomic E-state index is 4.68. The van der Waals surface area contributed by atoms with Crippen molar-refractivity contribution >= 4 is 5.71 Å². The van der Waals surface area contributed by atoms with Gasteiger partial charge in [0.1, 0.15) is 0 Å². The molecule has 0 atom stereocenters. The minimum atomic E-state index is -0.0153. The van der Waals surface area contributed by atoms with Gasteiger partial charge in [-0.05, 0) is 6.08 Å². The summed E-state index contributed by atoms with van der Waals surface area (Å²) in [6.45, 7) is 9.79. The second-order valence-corrected chi connectivity index (χ2v) is 3.23. The van der Waals surface area contributed by atoms with Crippen molar-refractivity contribution in [3.8, 4) is 0 Å². The molecule has 0 saturated carbocycles. The van der Waals surface area contributed by atoms with Crippen LogP contribution < -0.4 is 5.48 Å². The van der Waals surface area contributed by atoms with Gasteiger partial charge in [0.2, 0.25) is 0 Å². The summed E-state index contributed by atoms with van der Waals surface area (Å²) in [5.41, 5.74) is 3.28. The maximum Gasteiger partial charge on any atom is 0.0869 e. The van der Waals surface area contributed by atoms with Crippen LogP contribution in [0.5, 0.6) is 0 Å². The fraction of sp³-hybridized carbons (Fsp3) is 0.625. The fourth-order valence-corrected chi connectivity index (χ4v) is 0.575. The molecule has 3 nitrogen and oxygen atoms in total. The summed E-state index contributed by atoms with van der Waals surface area (Å²) in [6, 6.07) is 0. The van der Waals surface area contributed by atoms with Crippen molar-refractivity contribution in [2.24, 2.45) is 10.6 Å². The highest BCUT2D eigenvalue weighted by molar-refractivity contribution is 5.98. The van der Waals surface area contributed by atoms with Crippen LogP contribution in [0.3, 0.4) is 0 Å². The lowest BCUT2D eigenvalue weighted by atomic mass is 9.90. The predicted molar refractivity (Wildman–Crippen MR) is 47.2 cm³/mol. The first-order valence-electron chi connectivity index (χ1n) is 3.56. The van der Waals surface area contributed by atoms with Crippen molar-refractivity contribution in [2.75, 3.05) is 7.05 Å². The molecule has 0 aliphatic heterocycles. The highest BCUT2D eigenvalue weighted by atomic mass is 16.8. The molecule has 0 saturated heterocycles. The van der Waals surface area contributed by atoms with E-state index in [1.807, 2.05) is 20.8 Å². The summed E-state index contributed by atoms with van der Waals surface area (Å²) < 4.78 is 0. The number of oxime groups is 1. The van der Waals surface area contributed by atoms with Gasteiger partial charge in [0.15, 0.2) is 0 Å². The quantitative estimate of drug-likeness (QED) is 0.498. The zero-order valence-corrected chi connectivity index (χ0v) is 7.64. The van der Waals surface area contributed by atoms with Crippen molar-refractivity contribution in [3.63, 3.8) is 0 Å². The van der Waals surface area contributed by atoms with Gasteiger partial charge in [-0.2, -0.15) is 0 Å². The van der Waals surface area contributed by atoms with E-state index in [0.29, 0.717) is 0 Å². The second-order valence-electron chi connectivity index (χ2n) is 3.23. The molecule has 0 aliphatic carbocycles. The number of hydrogen-bond donors (Lipinski definition) is 1. The Morgan fingerprint density at radius 3 is 2.36 bits per heavy atom. The highest BCUT2D eigenvalue weighted by Gasteiger charge is 2.16. The smallest absolute Gasteiger partial charge is 0.0869 e. The molecule has 1 N–H and O–H groups in total. The molecule has 0 radical (unpaired) electrons. The Balaban J connectivity index is 4.27. The Morgan fingerprint density at radius 1 is 1.55 bits per heavy atom. The first-order valence-corrected chi connectivity index (χ1v) is 3.56. The van der Waals surface area contributed by atoms with Crippen molar-refractivity contribution in [1.82, 2.24) is 5.48 Å². The van der Waals surface area contributed by atoms with Crippen LogP contribution in [0.2, 0.25) is 0 Å². The van der Waals surface area contributed by atoms with Crippen molar-refractivity contribution in [2.45, 2.75) is 20.8 Å². The lowest BCUT2D eigenvalue weighted by molar-refractivity contribution is 0.0627. The van der Waals surface area contributed by atoms with Crippen molar-refractivity contribution < 1.29 is 4.94 Å². The molecular formula is C8H16N2O. The van der Waals surface area contributed by atoms with Crippen LogP contribution in [0, 0.1) is 5.41 Å². The van der Waals surface area contributed by atoms with Crippen LogP contribution >= 0.6 is 0 Å². The van der Waals surface area contributed by atoms with Gasteiger partial charge in [-0.1, -0.05) is 32.5 Å². The summed E-state index contributed by atoms with van der Waals surface area (Å²) >= 11 is 0. The third-order valence-electron chi connectivity index (χ3n) is 1.20. The topological polar surface area (TPSA) is 33.6 Å². The van der Waals surface area contributed by atoms with E-state index in [0.717, 1.165) is 5.71 Å². The number of rotatable bonds is 3. The van der Waals surface area contributed by atoms with Gasteiger partial charge in [0, 0.05) is 12.5 Å². The molecule has 0 amide bonds. The molecule has 0 spiro atoms. The van der Waals surface area contributed by atoms with Gasteiger partial charge in [0.05, 0.1) is 5.71 Å². The first-order chi connectivity index (χ1) is 5.02. The highest BCUT2D eigenvalue weighted by Crippen LogP contribution is 2.16. The molecule has 0 heterocycles. The third-order valence-corrected chi connectivity index (χ3v) is 1.20. The number of hydrogen-bond acceptors (Lipinski definition) is 3. The third kappa shape index (κ3) is 3.78. The molecule has 0 aromatic rings. The molecule has 0 fully saturated rings. The molecule has 3 heteroatoms. The minimum Gasteiger partial charge on any atom is -0.300 e. The first kappa shape index (κ1) is 10.2. The molecule has 0 rings (SSSR count). The van der Waals surface area contributed by atoms with Gasteiger partial charge in [-0.15, -0.1) is 5.48 Å². The van der Waals surface area contributed by atoms with Crippen LogP contribution in [-0.4, -0.2) is 12.8 Å². The Hall–Kier alpha value is -0.830. The number of allylic oxidation sites excluding steroid dienone is 1. The van der Waals surface area contributed by atoms with Crippen LogP contribution in [0.25, 0.3) is 0 Å². The van der Waals surface area contributed by atoms with E-state index < -0.39 is 0 Å². The Labute approximate surface area is 68.1 Å². The van der Waals surface area contributed by atoms with E-state index in [1.54, 1.807) is 13.1 Å². The predicted octanol–water partition coefficient (Wildman–Crippen LogP) is 1.73. The standard InChI is InChI=1S/C8H16N2O/c1-6-7(8(2,3)4)10-11-9-5/h6,9H,1H2,2-5H3/b10-7+. The summed E-state index contributed by atoms with van der Waals surface area (Å²) in [4.78, 5) is 4.68. The Kier molecular flexibility index (Phi) is 3.82. The zero-order chi connectivity index (χ0) is 8.91. The number of hydroxylamine groups is 1. The van der Waals surface area contributed by atoms with Gasteiger partial charge in [-0.25, -0.2) is 0 Å².